The third kappa shape index (κ3) is 4.35. The van der Waals surface area contributed by atoms with Crippen LogP contribution in [-0.4, -0.2) is 52.3 Å². The molecule has 0 saturated carbocycles. The van der Waals surface area contributed by atoms with Crippen LogP contribution in [0.5, 0.6) is 0 Å². The summed E-state index contributed by atoms with van der Waals surface area (Å²) in [4.78, 5) is 44.6. The lowest BCUT2D eigenvalue weighted by atomic mass is 10.1. The summed E-state index contributed by atoms with van der Waals surface area (Å²) in [5.41, 5.74) is 1.33. The lowest BCUT2D eigenvalue weighted by Crippen LogP contribution is -2.43. The molecule has 162 valence electrons. The lowest BCUT2D eigenvalue weighted by molar-refractivity contribution is -0.385. The molecular weight excluding hydrogens is 398 g/mol. The summed E-state index contributed by atoms with van der Waals surface area (Å²) in [5.74, 6) is 0.361. The van der Waals surface area contributed by atoms with Crippen molar-refractivity contribution in [3.05, 3.63) is 57.8 Å². The number of amides is 2. The van der Waals surface area contributed by atoms with E-state index in [0.29, 0.717) is 29.8 Å². The zero-order chi connectivity index (χ0) is 22.0. The van der Waals surface area contributed by atoms with Gasteiger partial charge in [-0.3, -0.25) is 19.7 Å². The van der Waals surface area contributed by atoms with Crippen molar-refractivity contribution in [1.82, 2.24) is 9.88 Å². The number of hydrogen-bond donors (Lipinski definition) is 1. The van der Waals surface area contributed by atoms with Gasteiger partial charge in [-0.05, 0) is 56.9 Å². The zero-order valence-corrected chi connectivity index (χ0v) is 17.4. The van der Waals surface area contributed by atoms with Crippen LogP contribution in [0.4, 0.5) is 17.2 Å². The molecule has 1 aromatic carbocycles. The van der Waals surface area contributed by atoms with Crippen LogP contribution in [0.2, 0.25) is 0 Å². The summed E-state index contributed by atoms with van der Waals surface area (Å²) in [6.45, 7) is 4.07. The minimum absolute atomic E-state index is 0.0304. The first-order chi connectivity index (χ1) is 14.9. The van der Waals surface area contributed by atoms with Crippen LogP contribution in [0.1, 0.15) is 41.6 Å². The Balaban J connectivity index is 1.44. The number of benzene rings is 1. The molecule has 1 unspecified atom stereocenters. The van der Waals surface area contributed by atoms with Gasteiger partial charge < -0.3 is 15.1 Å². The Bertz CT molecular complexity index is 1000. The van der Waals surface area contributed by atoms with Crippen molar-refractivity contribution >= 4 is 29.0 Å². The number of nitrogens with zero attached hydrogens (tertiary/aromatic N) is 4. The molecule has 9 nitrogen and oxygen atoms in total. The molecular formula is C22H25N5O4. The Morgan fingerprint density at radius 2 is 1.90 bits per heavy atom. The van der Waals surface area contributed by atoms with Crippen molar-refractivity contribution in [1.29, 1.82) is 0 Å². The van der Waals surface area contributed by atoms with Gasteiger partial charge in [0.15, 0.2) is 0 Å². The molecule has 4 rings (SSSR count). The SMILES string of the molecule is Cc1cc(C(=O)N2CCCC2C(=O)Nc2ccc(N3CCCC3)nc2)ccc1[N+](=O)[O-]. The molecule has 0 aliphatic carbocycles. The van der Waals surface area contributed by atoms with Gasteiger partial charge in [-0.15, -0.1) is 0 Å². The van der Waals surface area contributed by atoms with E-state index in [4.69, 9.17) is 0 Å². The molecule has 3 heterocycles. The summed E-state index contributed by atoms with van der Waals surface area (Å²) in [6.07, 6.45) is 5.27. The van der Waals surface area contributed by atoms with E-state index in [2.05, 4.69) is 15.2 Å². The largest absolute Gasteiger partial charge is 0.357 e. The van der Waals surface area contributed by atoms with Crippen LogP contribution in [0, 0.1) is 17.0 Å². The molecule has 1 aromatic heterocycles. The summed E-state index contributed by atoms with van der Waals surface area (Å²) < 4.78 is 0. The van der Waals surface area contributed by atoms with Crippen molar-refractivity contribution in [2.45, 2.75) is 38.6 Å². The van der Waals surface area contributed by atoms with Crippen molar-refractivity contribution in [2.75, 3.05) is 29.9 Å². The maximum Gasteiger partial charge on any atom is 0.272 e. The van der Waals surface area contributed by atoms with Crippen LogP contribution >= 0.6 is 0 Å². The van der Waals surface area contributed by atoms with Gasteiger partial charge in [-0.25, -0.2) is 4.98 Å². The van der Waals surface area contributed by atoms with Crippen LogP contribution in [0.15, 0.2) is 36.5 Å². The Kier molecular flexibility index (Phi) is 5.83. The number of likely N-dealkylation sites (tertiary alicyclic amines) is 1. The fraction of sp³-hybridized carbons (Fsp3) is 0.409. The summed E-state index contributed by atoms with van der Waals surface area (Å²) in [5, 5.41) is 13.9. The Labute approximate surface area is 180 Å². The predicted molar refractivity (Wildman–Crippen MR) is 116 cm³/mol. The van der Waals surface area contributed by atoms with Gasteiger partial charge in [-0.1, -0.05) is 0 Å². The fourth-order valence-electron chi connectivity index (χ4n) is 4.26. The average molecular weight is 423 g/mol. The van der Waals surface area contributed by atoms with Gasteiger partial charge in [0.25, 0.3) is 11.6 Å². The van der Waals surface area contributed by atoms with E-state index in [0.717, 1.165) is 25.3 Å². The van der Waals surface area contributed by atoms with E-state index in [1.165, 1.54) is 31.0 Å². The molecule has 0 radical (unpaired) electrons. The van der Waals surface area contributed by atoms with E-state index < -0.39 is 11.0 Å². The van der Waals surface area contributed by atoms with E-state index in [1.54, 1.807) is 18.0 Å². The first kappa shape index (κ1) is 20.8. The number of carbonyl (C=O) groups is 2. The summed E-state index contributed by atoms with van der Waals surface area (Å²) >= 11 is 0. The van der Waals surface area contributed by atoms with E-state index >= 15 is 0 Å². The minimum atomic E-state index is -0.582. The zero-order valence-electron chi connectivity index (χ0n) is 17.4. The number of nitro benzene ring substituents is 1. The highest BCUT2D eigenvalue weighted by molar-refractivity contribution is 6.01. The average Bonchev–Trinajstić information content (AvgIpc) is 3.45. The molecule has 0 bridgehead atoms. The number of anilines is 2. The second-order valence-electron chi connectivity index (χ2n) is 8.00. The van der Waals surface area contributed by atoms with Gasteiger partial charge in [0, 0.05) is 36.8 Å². The highest BCUT2D eigenvalue weighted by Crippen LogP contribution is 2.25. The fourth-order valence-corrected chi connectivity index (χ4v) is 4.26. The highest BCUT2D eigenvalue weighted by Gasteiger charge is 2.35. The van der Waals surface area contributed by atoms with Gasteiger partial charge >= 0.3 is 0 Å². The van der Waals surface area contributed by atoms with Crippen LogP contribution < -0.4 is 10.2 Å². The molecule has 2 amide bonds. The van der Waals surface area contributed by atoms with Crippen LogP contribution in [-0.2, 0) is 4.79 Å². The molecule has 2 saturated heterocycles. The first-order valence-corrected chi connectivity index (χ1v) is 10.5. The number of nitrogens with one attached hydrogen (secondary N) is 1. The standard InChI is InChI=1S/C22H25N5O4/c1-15-13-16(6-8-18(15)27(30)31)22(29)26-12-4-5-19(26)21(28)24-17-7-9-20(23-14-17)25-10-2-3-11-25/h6-9,13-14,19H,2-5,10-12H2,1H3,(H,24,28). The summed E-state index contributed by atoms with van der Waals surface area (Å²) in [7, 11) is 0. The number of nitro groups is 1. The molecule has 2 fully saturated rings. The van der Waals surface area contributed by atoms with E-state index in [-0.39, 0.29) is 17.5 Å². The number of rotatable bonds is 5. The van der Waals surface area contributed by atoms with Gasteiger partial charge in [0.2, 0.25) is 5.91 Å². The van der Waals surface area contributed by atoms with Gasteiger partial charge in [0.1, 0.15) is 11.9 Å². The van der Waals surface area contributed by atoms with Crippen molar-refractivity contribution in [3.8, 4) is 0 Å². The molecule has 2 aromatic rings. The quantitative estimate of drug-likeness (QED) is 0.585. The molecule has 31 heavy (non-hydrogen) atoms. The van der Waals surface area contributed by atoms with Gasteiger partial charge in [-0.2, -0.15) is 0 Å². The van der Waals surface area contributed by atoms with Crippen LogP contribution in [0.3, 0.4) is 0 Å². The summed E-state index contributed by atoms with van der Waals surface area (Å²) in [6, 6.07) is 7.44. The van der Waals surface area contributed by atoms with Crippen molar-refractivity contribution in [3.63, 3.8) is 0 Å². The van der Waals surface area contributed by atoms with Crippen molar-refractivity contribution < 1.29 is 14.5 Å². The monoisotopic (exact) mass is 423 g/mol. The smallest absolute Gasteiger partial charge is 0.272 e. The second kappa shape index (κ2) is 8.71. The van der Waals surface area contributed by atoms with Crippen molar-refractivity contribution in [2.24, 2.45) is 0 Å². The molecule has 9 heteroatoms. The predicted octanol–water partition coefficient (Wildman–Crippen LogP) is 3.14. The molecule has 0 spiro atoms. The lowest BCUT2D eigenvalue weighted by Gasteiger charge is -2.24. The maximum absolute atomic E-state index is 13.0. The first-order valence-electron chi connectivity index (χ1n) is 10.5. The maximum atomic E-state index is 13.0. The number of aromatic nitrogens is 1. The molecule has 1 atom stereocenters. The topological polar surface area (TPSA) is 109 Å². The second-order valence-corrected chi connectivity index (χ2v) is 8.00. The number of pyridine rings is 1. The Morgan fingerprint density at radius 1 is 1.13 bits per heavy atom. The number of hydrogen-bond acceptors (Lipinski definition) is 6. The third-order valence-corrected chi connectivity index (χ3v) is 5.90. The Hall–Kier alpha value is -3.49. The number of aryl methyl sites for hydroxylation is 1. The molecule has 1 N–H and O–H groups in total. The highest BCUT2D eigenvalue weighted by atomic mass is 16.6. The normalized spacial score (nSPS) is 18.3. The minimum Gasteiger partial charge on any atom is -0.357 e. The van der Waals surface area contributed by atoms with E-state index in [9.17, 15) is 19.7 Å². The van der Waals surface area contributed by atoms with E-state index in [1.807, 2.05) is 12.1 Å². The number of carbonyl (C=O) groups excluding carboxylic acids is 2. The van der Waals surface area contributed by atoms with Crippen LogP contribution in [0.25, 0.3) is 0 Å². The van der Waals surface area contributed by atoms with Gasteiger partial charge in [0.05, 0.1) is 16.8 Å². The third-order valence-electron chi connectivity index (χ3n) is 5.90. The Morgan fingerprint density at radius 3 is 2.55 bits per heavy atom. The molecule has 2 aliphatic heterocycles. The molecule has 2 aliphatic rings.